The summed E-state index contributed by atoms with van der Waals surface area (Å²) in [5, 5.41) is 18.5. The molecule has 0 bridgehead atoms. The molecular weight excluding hydrogens is 368 g/mol. The Bertz CT molecular complexity index is 1020. The van der Waals surface area contributed by atoms with Crippen LogP contribution in [0.4, 0.5) is 0 Å². The zero-order chi connectivity index (χ0) is 17.9. The zero-order valence-electron chi connectivity index (χ0n) is 14.0. The van der Waals surface area contributed by atoms with Gasteiger partial charge in [-0.05, 0) is 29.8 Å². The summed E-state index contributed by atoms with van der Waals surface area (Å²) in [5.41, 5.74) is 3.87. The minimum Gasteiger partial charge on any atom is -0.312 e. The highest BCUT2D eigenvalue weighted by Crippen LogP contribution is 2.22. The van der Waals surface area contributed by atoms with Crippen molar-refractivity contribution in [2.45, 2.75) is 10.9 Å². The normalized spacial score (nSPS) is 11.0. The van der Waals surface area contributed by atoms with E-state index in [9.17, 15) is 0 Å². The highest BCUT2D eigenvalue weighted by molar-refractivity contribution is 7.98. The summed E-state index contributed by atoms with van der Waals surface area (Å²) in [6, 6.07) is 15.7. The standard InChI is InChI=1S/C18H15ClN6S/c1-24-12-20-22-18(24)26-11-13-3-2-4-16(9-13)25-21-10-17(23-25)14-5-7-15(19)8-6-14/h2-10,12H,11H2,1H3. The number of nitrogens with zero attached hydrogens (tertiary/aromatic N) is 6. The molecule has 8 heteroatoms. The lowest BCUT2D eigenvalue weighted by Gasteiger charge is -2.04. The van der Waals surface area contributed by atoms with E-state index in [4.69, 9.17) is 11.6 Å². The molecule has 26 heavy (non-hydrogen) atoms. The summed E-state index contributed by atoms with van der Waals surface area (Å²) >= 11 is 7.58. The largest absolute Gasteiger partial charge is 0.312 e. The third kappa shape index (κ3) is 3.63. The van der Waals surface area contributed by atoms with Gasteiger partial charge >= 0.3 is 0 Å². The van der Waals surface area contributed by atoms with Crippen LogP contribution in [0.2, 0.25) is 5.02 Å². The van der Waals surface area contributed by atoms with Crippen molar-refractivity contribution >= 4 is 23.4 Å². The number of thioether (sulfide) groups is 1. The molecule has 0 amide bonds. The van der Waals surface area contributed by atoms with Gasteiger partial charge in [-0.3, -0.25) is 0 Å². The molecule has 0 saturated carbocycles. The Morgan fingerprint density at radius 2 is 1.96 bits per heavy atom. The van der Waals surface area contributed by atoms with Crippen LogP contribution in [-0.4, -0.2) is 29.8 Å². The van der Waals surface area contributed by atoms with Crippen LogP contribution in [-0.2, 0) is 12.8 Å². The molecular formula is C18H15ClN6S. The van der Waals surface area contributed by atoms with E-state index < -0.39 is 0 Å². The second-order valence-electron chi connectivity index (χ2n) is 5.71. The van der Waals surface area contributed by atoms with Gasteiger partial charge in [0.2, 0.25) is 0 Å². The number of hydrogen-bond donors (Lipinski definition) is 0. The van der Waals surface area contributed by atoms with Gasteiger partial charge in [-0.25, -0.2) is 0 Å². The number of aryl methyl sites for hydroxylation is 1. The van der Waals surface area contributed by atoms with E-state index in [2.05, 4.69) is 32.5 Å². The molecule has 0 aliphatic rings. The van der Waals surface area contributed by atoms with Crippen LogP contribution < -0.4 is 0 Å². The fourth-order valence-electron chi connectivity index (χ4n) is 2.46. The van der Waals surface area contributed by atoms with Gasteiger partial charge in [0, 0.05) is 23.4 Å². The molecule has 0 N–H and O–H groups in total. The van der Waals surface area contributed by atoms with E-state index in [-0.39, 0.29) is 0 Å². The predicted molar refractivity (Wildman–Crippen MR) is 102 cm³/mol. The van der Waals surface area contributed by atoms with Crippen LogP contribution >= 0.6 is 23.4 Å². The molecule has 4 rings (SSSR count). The predicted octanol–water partition coefficient (Wildman–Crippen LogP) is 4.01. The maximum Gasteiger partial charge on any atom is 0.191 e. The fourth-order valence-corrected chi connectivity index (χ4v) is 3.42. The fraction of sp³-hybridized carbons (Fsp3) is 0.111. The summed E-state index contributed by atoms with van der Waals surface area (Å²) < 4.78 is 1.90. The van der Waals surface area contributed by atoms with Gasteiger partial charge in [0.15, 0.2) is 5.16 Å². The van der Waals surface area contributed by atoms with E-state index in [1.807, 2.05) is 48.0 Å². The number of hydrogen-bond acceptors (Lipinski definition) is 5. The lowest BCUT2D eigenvalue weighted by atomic mass is 10.2. The zero-order valence-corrected chi connectivity index (χ0v) is 15.5. The van der Waals surface area contributed by atoms with Crippen molar-refractivity contribution in [3.05, 3.63) is 71.6 Å². The van der Waals surface area contributed by atoms with Crippen molar-refractivity contribution in [1.82, 2.24) is 29.8 Å². The molecule has 0 unspecified atom stereocenters. The van der Waals surface area contributed by atoms with E-state index >= 15 is 0 Å². The maximum atomic E-state index is 5.94. The van der Waals surface area contributed by atoms with E-state index in [1.165, 1.54) is 5.56 Å². The Labute approximate surface area is 159 Å². The third-order valence-electron chi connectivity index (χ3n) is 3.81. The lowest BCUT2D eigenvalue weighted by Crippen LogP contribution is -1.99. The number of rotatable bonds is 5. The summed E-state index contributed by atoms with van der Waals surface area (Å²) in [7, 11) is 1.94. The van der Waals surface area contributed by atoms with Gasteiger partial charge in [-0.2, -0.15) is 9.90 Å². The minimum atomic E-state index is 0.703. The molecule has 2 aromatic carbocycles. The van der Waals surface area contributed by atoms with Crippen molar-refractivity contribution in [2.75, 3.05) is 0 Å². The Balaban J connectivity index is 1.53. The van der Waals surface area contributed by atoms with Gasteiger partial charge in [0.05, 0.1) is 11.9 Å². The molecule has 6 nitrogen and oxygen atoms in total. The van der Waals surface area contributed by atoms with Crippen molar-refractivity contribution in [3.63, 3.8) is 0 Å². The van der Waals surface area contributed by atoms with Crippen molar-refractivity contribution in [2.24, 2.45) is 7.05 Å². The summed E-state index contributed by atoms with van der Waals surface area (Å²) in [5.74, 6) is 0.797. The first-order chi connectivity index (χ1) is 12.7. The Kier molecular flexibility index (Phi) is 4.73. The van der Waals surface area contributed by atoms with Gasteiger partial charge in [-0.1, -0.05) is 47.6 Å². The highest BCUT2D eigenvalue weighted by atomic mass is 35.5. The molecule has 0 radical (unpaired) electrons. The highest BCUT2D eigenvalue weighted by Gasteiger charge is 2.07. The van der Waals surface area contributed by atoms with Crippen LogP contribution in [0.3, 0.4) is 0 Å². The van der Waals surface area contributed by atoms with Crippen LogP contribution in [0.1, 0.15) is 5.56 Å². The second-order valence-corrected chi connectivity index (χ2v) is 7.09. The molecule has 4 aromatic rings. The molecule has 130 valence electrons. The average molecular weight is 383 g/mol. The molecule has 0 aliphatic carbocycles. The number of aromatic nitrogens is 6. The first-order valence-electron chi connectivity index (χ1n) is 7.93. The summed E-state index contributed by atoms with van der Waals surface area (Å²) in [4.78, 5) is 1.64. The first-order valence-corrected chi connectivity index (χ1v) is 9.30. The van der Waals surface area contributed by atoms with Crippen LogP contribution in [0.15, 0.2) is 66.2 Å². The molecule has 0 aliphatic heterocycles. The summed E-state index contributed by atoms with van der Waals surface area (Å²) in [6.45, 7) is 0. The molecule has 0 atom stereocenters. The van der Waals surface area contributed by atoms with Gasteiger partial charge in [0.25, 0.3) is 0 Å². The number of halogens is 1. The first kappa shape index (κ1) is 16.8. The smallest absolute Gasteiger partial charge is 0.191 e. The van der Waals surface area contributed by atoms with Crippen molar-refractivity contribution in [3.8, 4) is 16.9 Å². The van der Waals surface area contributed by atoms with Crippen molar-refractivity contribution in [1.29, 1.82) is 0 Å². The Morgan fingerprint density at radius 3 is 2.73 bits per heavy atom. The Hall–Kier alpha value is -2.64. The number of benzene rings is 2. The van der Waals surface area contributed by atoms with Gasteiger partial charge in [-0.15, -0.1) is 15.3 Å². The summed E-state index contributed by atoms with van der Waals surface area (Å²) in [6.07, 6.45) is 3.45. The van der Waals surface area contributed by atoms with E-state index in [0.717, 1.165) is 27.9 Å². The maximum absolute atomic E-state index is 5.94. The SMILES string of the molecule is Cn1cnnc1SCc1cccc(-n2ncc(-c3ccc(Cl)cc3)n2)c1. The molecule has 0 saturated heterocycles. The van der Waals surface area contributed by atoms with Crippen LogP contribution in [0.5, 0.6) is 0 Å². The van der Waals surface area contributed by atoms with Crippen molar-refractivity contribution < 1.29 is 0 Å². The molecule has 2 heterocycles. The Morgan fingerprint density at radius 1 is 1.12 bits per heavy atom. The minimum absolute atomic E-state index is 0.703. The lowest BCUT2D eigenvalue weighted by molar-refractivity contribution is 0.753. The topological polar surface area (TPSA) is 61.4 Å². The van der Waals surface area contributed by atoms with Crippen LogP contribution in [0.25, 0.3) is 16.9 Å². The van der Waals surface area contributed by atoms with Gasteiger partial charge < -0.3 is 4.57 Å². The second kappa shape index (κ2) is 7.31. The molecule has 0 spiro atoms. The molecule has 2 aromatic heterocycles. The average Bonchev–Trinajstić information content (AvgIpc) is 3.30. The van der Waals surface area contributed by atoms with E-state index in [1.54, 1.807) is 29.1 Å². The van der Waals surface area contributed by atoms with E-state index in [0.29, 0.717) is 5.02 Å². The monoisotopic (exact) mass is 382 g/mol. The molecule has 0 fully saturated rings. The van der Waals surface area contributed by atoms with Gasteiger partial charge in [0.1, 0.15) is 12.0 Å². The third-order valence-corrected chi connectivity index (χ3v) is 5.17. The van der Waals surface area contributed by atoms with Crippen LogP contribution in [0, 0.1) is 0 Å². The quantitative estimate of drug-likeness (QED) is 0.488.